The number of rotatable bonds is 8. The average Bonchev–Trinajstić information content (AvgIpc) is 3.22. The maximum atomic E-state index is 12.8. The smallest absolute Gasteiger partial charge is 0.245 e. The normalized spacial score (nSPS) is 15.0. The highest BCUT2D eigenvalue weighted by Crippen LogP contribution is 2.30. The van der Waals surface area contributed by atoms with E-state index in [2.05, 4.69) is 5.32 Å². The van der Waals surface area contributed by atoms with Crippen LogP contribution in [0.5, 0.6) is 0 Å². The number of carbonyl (C=O) groups is 3. The van der Waals surface area contributed by atoms with Crippen LogP contribution in [0.25, 0.3) is 0 Å². The molecule has 0 bridgehead atoms. The van der Waals surface area contributed by atoms with Crippen LogP contribution < -0.4 is 11.1 Å². The lowest BCUT2D eigenvalue weighted by Gasteiger charge is -2.27. The topological polar surface area (TPSA) is 92.5 Å². The molecule has 23 heavy (non-hydrogen) atoms. The van der Waals surface area contributed by atoms with E-state index in [0.29, 0.717) is 6.54 Å². The standard InChI is InChI=1S/C16H23N3O3S/c1-10-3-6-13(23-10)9-19(12-4-5-12)16(22)14(18-11(2)20)7-8-15(17)21/h3,6,12,14H,4-5,7-9H2,1-2H3,(H2,17,21)(H,18,20). The summed E-state index contributed by atoms with van der Waals surface area (Å²) in [5, 5.41) is 2.65. The van der Waals surface area contributed by atoms with Crippen LogP contribution in [-0.4, -0.2) is 34.7 Å². The molecular weight excluding hydrogens is 314 g/mol. The zero-order valence-corrected chi connectivity index (χ0v) is 14.3. The van der Waals surface area contributed by atoms with Gasteiger partial charge in [0.15, 0.2) is 0 Å². The van der Waals surface area contributed by atoms with Crippen LogP contribution in [0.4, 0.5) is 0 Å². The van der Waals surface area contributed by atoms with Crippen molar-refractivity contribution in [3.63, 3.8) is 0 Å². The van der Waals surface area contributed by atoms with Gasteiger partial charge in [-0.05, 0) is 38.3 Å². The summed E-state index contributed by atoms with van der Waals surface area (Å²) in [5.41, 5.74) is 5.17. The molecule has 3 amide bonds. The van der Waals surface area contributed by atoms with Gasteiger partial charge in [0.1, 0.15) is 6.04 Å². The maximum absolute atomic E-state index is 12.8. The van der Waals surface area contributed by atoms with Crippen LogP contribution in [0.3, 0.4) is 0 Å². The quantitative estimate of drug-likeness (QED) is 0.749. The van der Waals surface area contributed by atoms with E-state index in [1.165, 1.54) is 11.8 Å². The lowest BCUT2D eigenvalue weighted by Crippen LogP contribution is -2.48. The predicted molar refractivity (Wildman–Crippen MR) is 88.7 cm³/mol. The van der Waals surface area contributed by atoms with E-state index in [-0.39, 0.29) is 30.7 Å². The van der Waals surface area contributed by atoms with Crippen LogP contribution in [0, 0.1) is 6.92 Å². The fourth-order valence-corrected chi connectivity index (χ4v) is 3.39. The summed E-state index contributed by atoms with van der Waals surface area (Å²) in [7, 11) is 0. The summed E-state index contributed by atoms with van der Waals surface area (Å²) in [6, 6.07) is 3.60. The molecule has 0 aliphatic heterocycles. The second kappa shape index (κ2) is 7.59. The third-order valence-electron chi connectivity index (χ3n) is 3.75. The van der Waals surface area contributed by atoms with Crippen molar-refractivity contribution < 1.29 is 14.4 Å². The zero-order chi connectivity index (χ0) is 17.0. The van der Waals surface area contributed by atoms with Crippen LogP contribution in [-0.2, 0) is 20.9 Å². The van der Waals surface area contributed by atoms with Crippen molar-refractivity contribution in [2.24, 2.45) is 5.73 Å². The largest absolute Gasteiger partial charge is 0.370 e. The van der Waals surface area contributed by atoms with E-state index in [4.69, 9.17) is 5.73 Å². The van der Waals surface area contributed by atoms with Crippen molar-refractivity contribution in [2.45, 2.75) is 58.2 Å². The van der Waals surface area contributed by atoms with Gasteiger partial charge in [-0.25, -0.2) is 0 Å². The molecular formula is C16H23N3O3S. The number of hydrogen-bond donors (Lipinski definition) is 2. The first-order chi connectivity index (χ1) is 10.9. The maximum Gasteiger partial charge on any atom is 0.245 e. The first kappa shape index (κ1) is 17.5. The van der Waals surface area contributed by atoms with Gasteiger partial charge in [-0.3, -0.25) is 14.4 Å². The fraction of sp³-hybridized carbons (Fsp3) is 0.562. The summed E-state index contributed by atoms with van der Waals surface area (Å²) in [6.07, 6.45) is 2.28. The molecule has 1 unspecified atom stereocenters. The number of aryl methyl sites for hydroxylation is 1. The van der Waals surface area contributed by atoms with Crippen LogP contribution in [0.15, 0.2) is 12.1 Å². The molecule has 126 valence electrons. The monoisotopic (exact) mass is 337 g/mol. The summed E-state index contributed by atoms with van der Waals surface area (Å²) in [5.74, 6) is -0.884. The molecule has 1 aromatic heterocycles. The molecule has 1 aliphatic rings. The Bertz CT molecular complexity index is 595. The number of nitrogens with two attached hydrogens (primary N) is 1. The molecule has 1 fully saturated rings. The van der Waals surface area contributed by atoms with Gasteiger partial charge in [-0.15, -0.1) is 11.3 Å². The Hall–Kier alpha value is -1.89. The van der Waals surface area contributed by atoms with Gasteiger partial charge in [0.25, 0.3) is 0 Å². The van der Waals surface area contributed by atoms with E-state index in [9.17, 15) is 14.4 Å². The lowest BCUT2D eigenvalue weighted by atomic mass is 10.1. The van der Waals surface area contributed by atoms with Gasteiger partial charge in [0.2, 0.25) is 17.7 Å². The Morgan fingerprint density at radius 3 is 2.57 bits per heavy atom. The summed E-state index contributed by atoms with van der Waals surface area (Å²) >= 11 is 1.67. The highest BCUT2D eigenvalue weighted by Gasteiger charge is 2.36. The minimum atomic E-state index is -0.693. The van der Waals surface area contributed by atoms with Crippen molar-refractivity contribution in [3.05, 3.63) is 21.9 Å². The second-order valence-corrected chi connectivity index (χ2v) is 7.34. The Morgan fingerprint density at radius 2 is 2.09 bits per heavy atom. The van der Waals surface area contributed by atoms with Gasteiger partial charge in [0, 0.05) is 29.1 Å². The van der Waals surface area contributed by atoms with Crippen molar-refractivity contribution in [1.82, 2.24) is 10.2 Å². The Morgan fingerprint density at radius 1 is 1.39 bits per heavy atom. The molecule has 1 atom stereocenters. The number of carbonyl (C=O) groups excluding carboxylic acids is 3. The van der Waals surface area contributed by atoms with Gasteiger partial charge in [-0.1, -0.05) is 0 Å². The first-order valence-corrected chi connectivity index (χ1v) is 8.59. The van der Waals surface area contributed by atoms with Crippen molar-refractivity contribution in [3.8, 4) is 0 Å². The van der Waals surface area contributed by atoms with E-state index in [1.807, 2.05) is 24.0 Å². The van der Waals surface area contributed by atoms with E-state index in [0.717, 1.165) is 17.7 Å². The molecule has 1 saturated carbocycles. The number of thiophene rings is 1. The van der Waals surface area contributed by atoms with E-state index < -0.39 is 11.9 Å². The summed E-state index contributed by atoms with van der Waals surface area (Å²) in [6.45, 7) is 3.95. The molecule has 3 N–H and O–H groups in total. The SMILES string of the molecule is CC(=O)NC(CCC(N)=O)C(=O)N(Cc1ccc(C)s1)C1CC1. The molecule has 0 aromatic carbocycles. The molecule has 7 heteroatoms. The minimum absolute atomic E-state index is 0.0767. The predicted octanol–water partition coefficient (Wildman–Crippen LogP) is 1.32. The Kier molecular flexibility index (Phi) is 5.76. The second-order valence-electron chi connectivity index (χ2n) is 5.97. The number of nitrogens with one attached hydrogen (secondary N) is 1. The number of primary amides is 1. The fourth-order valence-electron chi connectivity index (χ4n) is 2.50. The first-order valence-electron chi connectivity index (χ1n) is 7.78. The van der Waals surface area contributed by atoms with Crippen LogP contribution in [0.2, 0.25) is 0 Å². The molecule has 1 aliphatic carbocycles. The van der Waals surface area contributed by atoms with Crippen LogP contribution >= 0.6 is 11.3 Å². The van der Waals surface area contributed by atoms with E-state index in [1.54, 1.807) is 11.3 Å². The zero-order valence-electron chi connectivity index (χ0n) is 13.5. The van der Waals surface area contributed by atoms with Gasteiger partial charge in [-0.2, -0.15) is 0 Å². The van der Waals surface area contributed by atoms with Gasteiger partial charge >= 0.3 is 0 Å². The third kappa shape index (κ3) is 5.35. The van der Waals surface area contributed by atoms with Gasteiger partial charge < -0.3 is 16.0 Å². The molecule has 1 heterocycles. The van der Waals surface area contributed by atoms with Gasteiger partial charge in [0.05, 0.1) is 6.54 Å². The molecule has 1 aromatic rings. The van der Waals surface area contributed by atoms with Crippen molar-refractivity contribution in [2.75, 3.05) is 0 Å². The molecule has 0 saturated heterocycles. The van der Waals surface area contributed by atoms with Crippen molar-refractivity contribution in [1.29, 1.82) is 0 Å². The summed E-state index contributed by atoms with van der Waals surface area (Å²) in [4.78, 5) is 39.4. The molecule has 0 radical (unpaired) electrons. The molecule has 6 nitrogen and oxygen atoms in total. The number of nitrogens with zero attached hydrogens (tertiary/aromatic N) is 1. The molecule has 0 spiro atoms. The minimum Gasteiger partial charge on any atom is -0.370 e. The molecule has 2 rings (SSSR count). The lowest BCUT2D eigenvalue weighted by molar-refractivity contribution is -0.137. The third-order valence-corrected chi connectivity index (χ3v) is 4.73. The highest BCUT2D eigenvalue weighted by molar-refractivity contribution is 7.11. The summed E-state index contributed by atoms with van der Waals surface area (Å²) < 4.78 is 0. The van der Waals surface area contributed by atoms with E-state index >= 15 is 0 Å². The number of amides is 3. The van der Waals surface area contributed by atoms with Crippen LogP contribution in [0.1, 0.15) is 42.4 Å². The average molecular weight is 337 g/mol. The number of hydrogen-bond acceptors (Lipinski definition) is 4. The van der Waals surface area contributed by atoms with Crippen molar-refractivity contribution >= 4 is 29.1 Å². The Labute approximate surface area is 140 Å². The highest BCUT2D eigenvalue weighted by atomic mass is 32.1. The Balaban J connectivity index is 2.09.